The molecule has 3 nitrogen and oxygen atoms in total. The molecule has 19 heavy (non-hydrogen) atoms. The van der Waals surface area contributed by atoms with Crippen LogP contribution in [0.5, 0.6) is 0 Å². The molecule has 2 unspecified atom stereocenters. The first-order chi connectivity index (χ1) is 9.16. The van der Waals surface area contributed by atoms with E-state index in [1.54, 1.807) is 0 Å². The highest BCUT2D eigenvalue weighted by Gasteiger charge is 2.21. The second-order valence-corrected chi connectivity index (χ2v) is 5.57. The van der Waals surface area contributed by atoms with Crippen molar-refractivity contribution in [3.05, 3.63) is 35.4 Å². The highest BCUT2D eigenvalue weighted by atomic mass is 16.1. The molecule has 0 spiro atoms. The van der Waals surface area contributed by atoms with Crippen LogP contribution in [0.2, 0.25) is 0 Å². The summed E-state index contributed by atoms with van der Waals surface area (Å²) in [6.45, 7) is 6.30. The maximum atomic E-state index is 12.1. The summed E-state index contributed by atoms with van der Waals surface area (Å²) in [7, 11) is 0. The Morgan fingerprint density at radius 1 is 1.47 bits per heavy atom. The largest absolute Gasteiger partial charge is 0.353 e. The summed E-state index contributed by atoms with van der Waals surface area (Å²) in [5.41, 5.74) is 2.30. The van der Waals surface area contributed by atoms with E-state index in [0.717, 1.165) is 18.7 Å². The number of carbonyl (C=O) groups excluding carboxylic acids is 1. The van der Waals surface area contributed by atoms with Crippen molar-refractivity contribution in [1.82, 2.24) is 10.6 Å². The Morgan fingerprint density at radius 3 is 2.95 bits per heavy atom. The molecule has 1 aromatic rings. The van der Waals surface area contributed by atoms with Gasteiger partial charge in [-0.1, -0.05) is 24.3 Å². The van der Waals surface area contributed by atoms with Crippen LogP contribution in [0.4, 0.5) is 0 Å². The minimum Gasteiger partial charge on any atom is -0.353 e. The second-order valence-electron chi connectivity index (χ2n) is 5.57. The van der Waals surface area contributed by atoms with E-state index in [2.05, 4.69) is 30.5 Å². The third-order valence-corrected chi connectivity index (χ3v) is 4.04. The molecule has 0 aliphatic carbocycles. The van der Waals surface area contributed by atoms with E-state index in [1.165, 1.54) is 18.4 Å². The summed E-state index contributed by atoms with van der Waals surface area (Å²) >= 11 is 0. The molecule has 2 atom stereocenters. The van der Waals surface area contributed by atoms with Crippen LogP contribution in [0.1, 0.15) is 30.9 Å². The molecular weight excluding hydrogens is 236 g/mol. The minimum atomic E-state index is 0.132. The number of hydrogen-bond acceptors (Lipinski definition) is 2. The summed E-state index contributed by atoms with van der Waals surface area (Å²) in [5, 5.41) is 6.54. The van der Waals surface area contributed by atoms with Crippen molar-refractivity contribution in [2.45, 2.75) is 39.2 Å². The number of rotatable bonds is 4. The minimum absolute atomic E-state index is 0.132. The highest BCUT2D eigenvalue weighted by molar-refractivity contribution is 5.79. The molecular formula is C16H24N2O. The second kappa shape index (κ2) is 6.71. The Hall–Kier alpha value is -1.35. The third kappa shape index (κ3) is 4.06. The first kappa shape index (κ1) is 14.1. The van der Waals surface area contributed by atoms with Gasteiger partial charge in [-0.25, -0.2) is 0 Å². The standard InChI is InChI=1S/C16H24N2O/c1-12-6-3-4-7-14(12)10-16(19)18-13(2)15-8-5-9-17-11-15/h3-4,6-7,13,15,17H,5,8-11H2,1-2H3,(H,18,19). The van der Waals surface area contributed by atoms with Gasteiger partial charge in [0.25, 0.3) is 0 Å². The van der Waals surface area contributed by atoms with E-state index in [0.29, 0.717) is 12.3 Å². The SMILES string of the molecule is Cc1ccccc1CC(=O)NC(C)C1CCCNC1. The zero-order valence-electron chi connectivity index (χ0n) is 11.9. The van der Waals surface area contributed by atoms with Gasteiger partial charge in [0.05, 0.1) is 6.42 Å². The summed E-state index contributed by atoms with van der Waals surface area (Å²) in [5.74, 6) is 0.696. The van der Waals surface area contributed by atoms with Crippen LogP contribution < -0.4 is 10.6 Å². The van der Waals surface area contributed by atoms with E-state index < -0.39 is 0 Å². The molecule has 1 aliphatic rings. The van der Waals surface area contributed by atoms with Crippen molar-refractivity contribution in [1.29, 1.82) is 0 Å². The molecule has 1 aliphatic heterocycles. The fourth-order valence-electron chi connectivity index (χ4n) is 2.71. The lowest BCUT2D eigenvalue weighted by atomic mass is 9.92. The van der Waals surface area contributed by atoms with Gasteiger partial charge in [-0.15, -0.1) is 0 Å². The molecule has 104 valence electrons. The van der Waals surface area contributed by atoms with Crippen LogP contribution in [0.15, 0.2) is 24.3 Å². The van der Waals surface area contributed by atoms with Gasteiger partial charge >= 0.3 is 0 Å². The predicted molar refractivity (Wildman–Crippen MR) is 78.1 cm³/mol. The lowest BCUT2D eigenvalue weighted by molar-refractivity contribution is -0.121. The molecule has 3 heteroatoms. The molecule has 1 fully saturated rings. The van der Waals surface area contributed by atoms with Crippen LogP contribution in [-0.4, -0.2) is 25.0 Å². The molecule has 1 saturated heterocycles. The van der Waals surface area contributed by atoms with Gasteiger partial charge in [-0.05, 0) is 56.8 Å². The van der Waals surface area contributed by atoms with Crippen molar-refractivity contribution < 1.29 is 4.79 Å². The number of amides is 1. The van der Waals surface area contributed by atoms with Crippen LogP contribution in [0.3, 0.4) is 0 Å². The van der Waals surface area contributed by atoms with Crippen LogP contribution in [0, 0.1) is 12.8 Å². The van der Waals surface area contributed by atoms with E-state index in [9.17, 15) is 4.79 Å². The van der Waals surface area contributed by atoms with E-state index in [-0.39, 0.29) is 11.9 Å². The molecule has 1 aromatic carbocycles. The van der Waals surface area contributed by atoms with Gasteiger partial charge in [0.15, 0.2) is 0 Å². The Balaban J connectivity index is 1.85. The monoisotopic (exact) mass is 260 g/mol. The Bertz CT molecular complexity index is 425. The van der Waals surface area contributed by atoms with Gasteiger partial charge < -0.3 is 10.6 Å². The lowest BCUT2D eigenvalue weighted by Gasteiger charge is -2.29. The molecule has 1 amide bonds. The number of piperidine rings is 1. The van der Waals surface area contributed by atoms with Gasteiger partial charge in [-0.2, -0.15) is 0 Å². The molecule has 2 N–H and O–H groups in total. The molecule has 0 radical (unpaired) electrons. The zero-order chi connectivity index (χ0) is 13.7. The van der Waals surface area contributed by atoms with E-state index in [1.807, 2.05) is 18.2 Å². The van der Waals surface area contributed by atoms with Gasteiger partial charge in [0, 0.05) is 6.04 Å². The zero-order valence-corrected chi connectivity index (χ0v) is 11.9. The fraction of sp³-hybridized carbons (Fsp3) is 0.562. The normalized spacial score (nSPS) is 20.8. The number of nitrogens with one attached hydrogen (secondary N) is 2. The van der Waals surface area contributed by atoms with Crippen molar-refractivity contribution in [3.8, 4) is 0 Å². The maximum Gasteiger partial charge on any atom is 0.224 e. The summed E-state index contributed by atoms with van der Waals surface area (Å²) in [4.78, 5) is 12.1. The number of carbonyl (C=O) groups is 1. The molecule has 0 bridgehead atoms. The van der Waals surface area contributed by atoms with Gasteiger partial charge in [-0.3, -0.25) is 4.79 Å². The van der Waals surface area contributed by atoms with Crippen molar-refractivity contribution in [2.24, 2.45) is 5.92 Å². The van der Waals surface area contributed by atoms with E-state index in [4.69, 9.17) is 0 Å². The highest BCUT2D eigenvalue weighted by Crippen LogP contribution is 2.14. The molecule has 0 aromatic heterocycles. The average molecular weight is 260 g/mol. The smallest absolute Gasteiger partial charge is 0.224 e. The first-order valence-corrected chi connectivity index (χ1v) is 7.21. The third-order valence-electron chi connectivity index (χ3n) is 4.04. The van der Waals surface area contributed by atoms with Crippen molar-refractivity contribution in [3.63, 3.8) is 0 Å². The van der Waals surface area contributed by atoms with Crippen molar-refractivity contribution in [2.75, 3.05) is 13.1 Å². The van der Waals surface area contributed by atoms with Crippen LogP contribution >= 0.6 is 0 Å². The molecule has 2 rings (SSSR count). The van der Waals surface area contributed by atoms with E-state index >= 15 is 0 Å². The lowest BCUT2D eigenvalue weighted by Crippen LogP contribution is -2.45. The predicted octanol–water partition coefficient (Wildman–Crippen LogP) is 2.04. The molecule has 1 heterocycles. The van der Waals surface area contributed by atoms with Gasteiger partial charge in [0.1, 0.15) is 0 Å². The number of benzene rings is 1. The summed E-state index contributed by atoms with van der Waals surface area (Å²) in [6.07, 6.45) is 2.90. The summed E-state index contributed by atoms with van der Waals surface area (Å²) in [6, 6.07) is 8.33. The van der Waals surface area contributed by atoms with Crippen LogP contribution in [0.25, 0.3) is 0 Å². The number of hydrogen-bond donors (Lipinski definition) is 2. The first-order valence-electron chi connectivity index (χ1n) is 7.21. The molecule has 0 saturated carbocycles. The fourth-order valence-corrected chi connectivity index (χ4v) is 2.71. The quantitative estimate of drug-likeness (QED) is 0.870. The van der Waals surface area contributed by atoms with Gasteiger partial charge in [0.2, 0.25) is 5.91 Å². The van der Waals surface area contributed by atoms with Crippen molar-refractivity contribution >= 4 is 5.91 Å². The number of aryl methyl sites for hydroxylation is 1. The van der Waals surface area contributed by atoms with Crippen LogP contribution in [-0.2, 0) is 11.2 Å². The Labute approximate surface area is 115 Å². The maximum absolute atomic E-state index is 12.1. The Kier molecular flexibility index (Phi) is 4.97. The topological polar surface area (TPSA) is 41.1 Å². The Morgan fingerprint density at radius 2 is 2.26 bits per heavy atom. The average Bonchev–Trinajstić information content (AvgIpc) is 2.42. The summed E-state index contributed by atoms with van der Waals surface area (Å²) < 4.78 is 0.